The maximum atomic E-state index is 13.0. The number of aromatic nitrogens is 2. The molecule has 11 heteroatoms. The molecule has 5 nitrogen and oxygen atoms in total. The molecule has 1 heterocycles. The first kappa shape index (κ1) is 20.6. The molecule has 0 amide bonds. The van der Waals surface area contributed by atoms with Crippen molar-refractivity contribution in [1.82, 2.24) is 9.97 Å². The van der Waals surface area contributed by atoms with Gasteiger partial charge in [0.05, 0.1) is 6.54 Å². The minimum Gasteiger partial charge on any atom is -0.379 e. The van der Waals surface area contributed by atoms with Crippen LogP contribution in [0, 0.1) is 6.92 Å². The molecule has 0 unspecified atom stereocenters. The molecule has 3 N–H and O–H groups in total. The minimum atomic E-state index is -4.70. The van der Waals surface area contributed by atoms with Gasteiger partial charge in [-0.15, -0.1) is 0 Å². The van der Waals surface area contributed by atoms with Crippen molar-refractivity contribution in [2.24, 2.45) is 0 Å². The van der Waals surface area contributed by atoms with Gasteiger partial charge in [-0.2, -0.15) is 18.2 Å². The zero-order valence-electron chi connectivity index (χ0n) is 14.2. The van der Waals surface area contributed by atoms with Crippen LogP contribution in [0.2, 0.25) is 0 Å². The molecule has 1 aromatic carbocycles. The fraction of sp³-hybridized carbons (Fsp3) is 0.375. The molecule has 0 saturated heterocycles. The topological polar surface area (TPSA) is 61.9 Å². The zero-order chi connectivity index (χ0) is 20.0. The summed E-state index contributed by atoms with van der Waals surface area (Å²) in [5, 5.41) is 7.59. The maximum Gasteiger partial charge on any atom is 0.421 e. The van der Waals surface area contributed by atoms with E-state index in [0.29, 0.717) is 23.1 Å². The van der Waals surface area contributed by atoms with Crippen LogP contribution < -0.4 is 16.0 Å². The Bertz CT molecular complexity index is 765. The Labute approximate surface area is 151 Å². The second-order valence-corrected chi connectivity index (χ2v) is 5.44. The summed E-state index contributed by atoms with van der Waals surface area (Å²) in [6, 6.07) is 4.76. The second kappa shape index (κ2) is 8.78. The SMILES string of the molecule is Cc1c(NCC(F)F)cccc1Nc1ncc(C(F)(F)F)c(NCCF)n1. The summed E-state index contributed by atoms with van der Waals surface area (Å²) in [6.45, 7) is -0.118. The largest absolute Gasteiger partial charge is 0.421 e. The summed E-state index contributed by atoms with van der Waals surface area (Å²) >= 11 is 0. The van der Waals surface area contributed by atoms with Crippen LogP contribution in [0.1, 0.15) is 11.1 Å². The van der Waals surface area contributed by atoms with Crippen molar-refractivity contribution in [3.05, 3.63) is 35.5 Å². The molecule has 2 aromatic rings. The molecule has 0 saturated carbocycles. The highest BCUT2D eigenvalue weighted by molar-refractivity contribution is 5.68. The first-order valence-corrected chi connectivity index (χ1v) is 7.85. The molecule has 0 aliphatic heterocycles. The van der Waals surface area contributed by atoms with E-state index in [4.69, 9.17) is 0 Å². The summed E-state index contributed by atoms with van der Waals surface area (Å²) in [7, 11) is 0. The van der Waals surface area contributed by atoms with Crippen LogP contribution in [0.4, 0.5) is 49.5 Å². The van der Waals surface area contributed by atoms with Crippen LogP contribution >= 0.6 is 0 Å². The van der Waals surface area contributed by atoms with Crippen LogP contribution in [0.15, 0.2) is 24.4 Å². The van der Waals surface area contributed by atoms with E-state index in [0.717, 1.165) is 0 Å². The predicted octanol–water partition coefficient (Wildman–Crippen LogP) is 4.61. The number of halogens is 6. The number of rotatable bonds is 8. The van der Waals surface area contributed by atoms with E-state index < -0.39 is 37.2 Å². The van der Waals surface area contributed by atoms with Gasteiger partial charge in [0.1, 0.15) is 18.1 Å². The highest BCUT2D eigenvalue weighted by Crippen LogP contribution is 2.34. The van der Waals surface area contributed by atoms with Crippen LogP contribution in [0.5, 0.6) is 0 Å². The van der Waals surface area contributed by atoms with Crippen molar-refractivity contribution in [2.75, 3.05) is 35.7 Å². The molecule has 1 aromatic heterocycles. The van der Waals surface area contributed by atoms with Crippen LogP contribution in [-0.2, 0) is 6.18 Å². The van der Waals surface area contributed by atoms with Crippen LogP contribution in [0.3, 0.4) is 0 Å². The molecule has 0 spiro atoms. The van der Waals surface area contributed by atoms with Gasteiger partial charge in [-0.3, -0.25) is 0 Å². The summed E-state index contributed by atoms with van der Waals surface area (Å²) in [6.07, 6.45) is -6.65. The summed E-state index contributed by atoms with van der Waals surface area (Å²) < 4.78 is 76.0. The Kier molecular flexibility index (Phi) is 6.70. The third kappa shape index (κ3) is 5.63. The van der Waals surface area contributed by atoms with Gasteiger partial charge in [0.15, 0.2) is 0 Å². The number of nitrogens with one attached hydrogen (secondary N) is 3. The monoisotopic (exact) mass is 393 g/mol. The van der Waals surface area contributed by atoms with E-state index in [-0.39, 0.29) is 12.5 Å². The predicted molar refractivity (Wildman–Crippen MR) is 90.5 cm³/mol. The lowest BCUT2D eigenvalue weighted by Gasteiger charge is -2.16. The van der Waals surface area contributed by atoms with Crippen molar-refractivity contribution in [1.29, 1.82) is 0 Å². The third-order valence-corrected chi connectivity index (χ3v) is 3.51. The van der Waals surface area contributed by atoms with Crippen molar-refractivity contribution in [3.8, 4) is 0 Å². The molecule has 0 bridgehead atoms. The Balaban J connectivity index is 2.28. The number of nitrogens with zero attached hydrogens (tertiary/aromatic N) is 2. The molecular formula is C16H17F6N5. The number of hydrogen-bond acceptors (Lipinski definition) is 5. The van der Waals surface area contributed by atoms with Crippen molar-refractivity contribution in [3.63, 3.8) is 0 Å². The van der Waals surface area contributed by atoms with Crippen LogP contribution in [0.25, 0.3) is 0 Å². The van der Waals surface area contributed by atoms with Crippen molar-refractivity contribution in [2.45, 2.75) is 19.5 Å². The van der Waals surface area contributed by atoms with E-state index in [1.54, 1.807) is 25.1 Å². The van der Waals surface area contributed by atoms with Gasteiger partial charge in [0.25, 0.3) is 6.43 Å². The molecule has 0 aliphatic rings. The van der Waals surface area contributed by atoms with Gasteiger partial charge in [0.2, 0.25) is 5.95 Å². The first-order chi connectivity index (χ1) is 12.7. The fourth-order valence-electron chi connectivity index (χ4n) is 2.22. The quantitative estimate of drug-likeness (QED) is 0.572. The van der Waals surface area contributed by atoms with Gasteiger partial charge < -0.3 is 16.0 Å². The molecule has 2 rings (SSSR count). The zero-order valence-corrected chi connectivity index (χ0v) is 14.2. The highest BCUT2D eigenvalue weighted by Gasteiger charge is 2.35. The average molecular weight is 393 g/mol. The number of alkyl halides is 6. The summed E-state index contributed by atoms with van der Waals surface area (Å²) in [4.78, 5) is 7.39. The van der Waals surface area contributed by atoms with Crippen molar-refractivity contribution < 1.29 is 26.3 Å². The average Bonchev–Trinajstić information content (AvgIpc) is 2.59. The van der Waals surface area contributed by atoms with Crippen molar-refractivity contribution >= 4 is 23.1 Å². The second-order valence-electron chi connectivity index (χ2n) is 5.44. The fourth-order valence-corrected chi connectivity index (χ4v) is 2.22. The van der Waals surface area contributed by atoms with E-state index in [1.807, 2.05) is 0 Å². The minimum absolute atomic E-state index is 0.154. The standard InChI is InChI=1S/C16H17F6N5/c1-9-11(24-8-13(18)19)3-2-4-12(9)26-15-25-7-10(16(20,21)22)14(27-15)23-6-5-17/h2-4,7,13,24H,5-6,8H2,1H3,(H2,23,25,26,27). The molecule has 0 fully saturated rings. The third-order valence-electron chi connectivity index (χ3n) is 3.51. The lowest BCUT2D eigenvalue weighted by Crippen LogP contribution is -2.16. The molecular weight excluding hydrogens is 376 g/mol. The summed E-state index contributed by atoms with van der Waals surface area (Å²) in [5.41, 5.74) is 0.291. The smallest absolute Gasteiger partial charge is 0.379 e. The van der Waals surface area contributed by atoms with Gasteiger partial charge in [-0.05, 0) is 24.6 Å². The molecule has 0 atom stereocenters. The molecule has 27 heavy (non-hydrogen) atoms. The Hall–Kier alpha value is -2.72. The first-order valence-electron chi connectivity index (χ1n) is 7.85. The van der Waals surface area contributed by atoms with E-state index >= 15 is 0 Å². The number of hydrogen-bond donors (Lipinski definition) is 3. The van der Waals surface area contributed by atoms with E-state index in [9.17, 15) is 26.3 Å². The van der Waals surface area contributed by atoms with Gasteiger partial charge in [0, 0.05) is 24.1 Å². The molecule has 0 aliphatic carbocycles. The number of benzene rings is 1. The van der Waals surface area contributed by atoms with E-state index in [1.165, 1.54) is 0 Å². The van der Waals surface area contributed by atoms with E-state index in [2.05, 4.69) is 25.9 Å². The molecule has 0 radical (unpaired) electrons. The Morgan fingerprint density at radius 1 is 1.11 bits per heavy atom. The number of anilines is 4. The van der Waals surface area contributed by atoms with Gasteiger partial charge in [-0.1, -0.05) is 6.07 Å². The summed E-state index contributed by atoms with van der Waals surface area (Å²) in [5.74, 6) is -0.708. The lowest BCUT2D eigenvalue weighted by atomic mass is 10.1. The van der Waals surface area contributed by atoms with Gasteiger partial charge >= 0.3 is 6.18 Å². The lowest BCUT2D eigenvalue weighted by molar-refractivity contribution is -0.137. The Morgan fingerprint density at radius 3 is 2.44 bits per heavy atom. The molecule has 148 valence electrons. The Morgan fingerprint density at radius 2 is 1.81 bits per heavy atom. The van der Waals surface area contributed by atoms with Crippen LogP contribution in [-0.4, -0.2) is 36.2 Å². The van der Waals surface area contributed by atoms with Gasteiger partial charge in [-0.25, -0.2) is 18.2 Å². The maximum absolute atomic E-state index is 13.0. The highest BCUT2D eigenvalue weighted by atomic mass is 19.4. The normalized spacial score (nSPS) is 11.6.